The van der Waals surface area contributed by atoms with Crippen molar-refractivity contribution in [2.45, 2.75) is 75.1 Å². The number of hydrogen-bond acceptors (Lipinski definition) is 6. The largest absolute Gasteiger partial charge is 0.493 e. The van der Waals surface area contributed by atoms with Gasteiger partial charge in [-0.2, -0.15) is 0 Å². The van der Waals surface area contributed by atoms with Crippen LogP contribution in [0.3, 0.4) is 0 Å². The summed E-state index contributed by atoms with van der Waals surface area (Å²) in [6.45, 7) is 0.873. The number of hydrogen-bond donors (Lipinski definition) is 1. The van der Waals surface area contributed by atoms with Crippen molar-refractivity contribution < 1.29 is 18.8 Å². The van der Waals surface area contributed by atoms with E-state index < -0.39 is 0 Å². The predicted octanol–water partition coefficient (Wildman–Crippen LogP) is 4.68. The summed E-state index contributed by atoms with van der Waals surface area (Å²) >= 11 is 1.78. The minimum Gasteiger partial charge on any atom is -0.493 e. The molecule has 7 heteroatoms. The first-order chi connectivity index (χ1) is 14.7. The molecule has 2 aliphatic rings. The van der Waals surface area contributed by atoms with Gasteiger partial charge in [-0.15, -0.1) is 0 Å². The molecule has 1 aliphatic carbocycles. The van der Waals surface area contributed by atoms with E-state index in [9.17, 15) is 0 Å². The van der Waals surface area contributed by atoms with Crippen molar-refractivity contribution in [3.8, 4) is 11.5 Å². The van der Waals surface area contributed by atoms with Gasteiger partial charge in [0.1, 0.15) is 0 Å². The van der Waals surface area contributed by atoms with E-state index in [4.69, 9.17) is 24.9 Å². The second-order valence-electron chi connectivity index (χ2n) is 8.32. The van der Waals surface area contributed by atoms with E-state index in [1.54, 1.807) is 26.0 Å². The number of aromatic nitrogens is 2. The van der Waals surface area contributed by atoms with E-state index in [-0.39, 0.29) is 0 Å². The number of fused-ring (bicyclic) bond motifs is 1. The Kier molecular flexibility index (Phi) is 7.20. The number of anilines is 1. The third-order valence-electron chi connectivity index (χ3n) is 6.32. The molecule has 30 heavy (non-hydrogen) atoms. The molecule has 1 aromatic heterocycles. The maximum Gasteiger partial charge on any atom is 0.299 e. The van der Waals surface area contributed by atoms with Crippen LogP contribution in [-0.2, 0) is 4.74 Å². The highest BCUT2D eigenvalue weighted by atomic mass is 32.2. The molecule has 2 N–H and O–H groups in total. The van der Waals surface area contributed by atoms with Crippen LogP contribution >= 0.6 is 11.8 Å². The number of nitrogen functional groups attached to an aromatic ring is 1. The molecule has 1 aromatic carbocycles. The summed E-state index contributed by atoms with van der Waals surface area (Å²) in [5, 5.41) is 1.92. The molecule has 4 rings (SSSR count). The topological polar surface area (TPSA) is 70.5 Å². The van der Waals surface area contributed by atoms with Crippen LogP contribution in [0, 0.1) is 0 Å². The van der Waals surface area contributed by atoms with Crippen molar-refractivity contribution in [2.24, 2.45) is 0 Å². The monoisotopic (exact) mass is 432 g/mol. The van der Waals surface area contributed by atoms with Gasteiger partial charge in [-0.05, 0) is 56.7 Å². The first-order valence-corrected chi connectivity index (χ1v) is 12.2. The zero-order valence-electron chi connectivity index (χ0n) is 18.2. The number of ether oxygens (including phenoxy) is 3. The summed E-state index contributed by atoms with van der Waals surface area (Å²) in [4.78, 5) is 5.07. The summed E-state index contributed by atoms with van der Waals surface area (Å²) in [7, 11) is 3.30. The summed E-state index contributed by atoms with van der Waals surface area (Å²) in [5.41, 5.74) is 7.66. The Morgan fingerprint density at radius 3 is 2.40 bits per heavy atom. The molecule has 0 amide bonds. The van der Waals surface area contributed by atoms with E-state index in [2.05, 4.69) is 4.57 Å². The Bertz CT molecular complexity index is 863. The molecule has 6 nitrogen and oxygen atoms in total. The van der Waals surface area contributed by atoms with Crippen molar-refractivity contribution in [1.82, 2.24) is 4.98 Å². The van der Waals surface area contributed by atoms with Gasteiger partial charge >= 0.3 is 0 Å². The zero-order valence-corrected chi connectivity index (χ0v) is 19.0. The van der Waals surface area contributed by atoms with Gasteiger partial charge in [0.05, 0.1) is 31.8 Å². The Labute approximate surface area is 183 Å². The van der Waals surface area contributed by atoms with Crippen LogP contribution in [-0.4, -0.2) is 37.7 Å². The van der Waals surface area contributed by atoms with Gasteiger partial charge in [-0.3, -0.25) is 0 Å². The molecule has 1 saturated heterocycles. The maximum absolute atomic E-state index is 6.81. The Hall–Kier alpha value is -1.73. The third-order valence-corrected chi connectivity index (χ3v) is 7.41. The molecule has 2 heterocycles. The standard InChI is InChI=1S/C23H33N3O3S/c1-27-20-13-18-19(14-21(20)28-2)25-23(30-15-17-11-7-8-12-29-17)26(22(18)24)16-9-5-3-4-6-10-16/h13-14,16-17,24H,3-12,15H2,1-2H3/p+1/t17-/m1/s1. The smallest absolute Gasteiger partial charge is 0.299 e. The number of thioether (sulfide) groups is 1. The molecule has 1 saturated carbocycles. The van der Waals surface area contributed by atoms with E-state index in [1.807, 2.05) is 12.1 Å². The fraction of sp³-hybridized carbons (Fsp3) is 0.652. The number of nitrogens with two attached hydrogens (primary N) is 1. The third kappa shape index (κ3) is 4.62. The lowest BCUT2D eigenvalue weighted by atomic mass is 10.1. The van der Waals surface area contributed by atoms with Crippen LogP contribution < -0.4 is 19.8 Å². The normalized spacial score (nSPS) is 20.8. The number of methoxy groups -OCH3 is 2. The molecule has 164 valence electrons. The second-order valence-corrected chi connectivity index (χ2v) is 9.31. The van der Waals surface area contributed by atoms with Gasteiger partial charge in [0.15, 0.2) is 17.0 Å². The fourth-order valence-electron chi connectivity index (χ4n) is 4.63. The van der Waals surface area contributed by atoms with Crippen molar-refractivity contribution in [3.05, 3.63) is 12.1 Å². The SMILES string of the molecule is COc1cc2nc(SC[C@H]3CCCCO3)[n+](C3CCCCCC3)c(N)c2cc1OC. The Morgan fingerprint density at radius 1 is 1.03 bits per heavy atom. The van der Waals surface area contributed by atoms with Crippen LogP contribution in [0.1, 0.15) is 63.8 Å². The predicted molar refractivity (Wildman–Crippen MR) is 121 cm³/mol. The van der Waals surface area contributed by atoms with E-state index in [0.717, 1.165) is 53.5 Å². The lowest BCUT2D eigenvalue weighted by Crippen LogP contribution is -2.45. The molecular weight excluding hydrogens is 398 g/mol. The molecule has 2 fully saturated rings. The van der Waals surface area contributed by atoms with E-state index in [1.165, 1.54) is 38.5 Å². The average Bonchev–Trinajstić information content (AvgIpc) is 3.07. The van der Waals surface area contributed by atoms with Gasteiger partial charge in [-0.25, -0.2) is 4.57 Å². The first kappa shape index (κ1) is 21.5. The minimum absolute atomic E-state index is 0.301. The minimum atomic E-state index is 0.301. The van der Waals surface area contributed by atoms with Crippen LogP contribution in [0.4, 0.5) is 5.82 Å². The van der Waals surface area contributed by atoms with Crippen LogP contribution in [0.25, 0.3) is 10.9 Å². The van der Waals surface area contributed by atoms with Gasteiger partial charge in [0.2, 0.25) is 5.82 Å². The molecule has 1 aliphatic heterocycles. The summed E-state index contributed by atoms with van der Waals surface area (Å²) in [6, 6.07) is 4.29. The fourth-order valence-corrected chi connectivity index (χ4v) is 5.78. The van der Waals surface area contributed by atoms with Crippen molar-refractivity contribution in [2.75, 3.05) is 32.3 Å². The summed E-state index contributed by atoms with van der Waals surface area (Å²) in [5.74, 6) is 3.05. The number of nitrogens with zero attached hydrogens (tertiary/aromatic N) is 2. The second kappa shape index (κ2) is 10.1. The highest BCUT2D eigenvalue weighted by Gasteiger charge is 2.29. The van der Waals surface area contributed by atoms with Crippen molar-refractivity contribution >= 4 is 28.5 Å². The molecule has 0 radical (unpaired) electrons. The molecule has 0 spiro atoms. The van der Waals surface area contributed by atoms with E-state index >= 15 is 0 Å². The highest BCUT2D eigenvalue weighted by Crippen LogP contribution is 2.36. The molecule has 0 bridgehead atoms. The summed E-state index contributed by atoms with van der Waals surface area (Å²) < 4.78 is 19.3. The summed E-state index contributed by atoms with van der Waals surface area (Å²) in [6.07, 6.45) is 11.3. The zero-order chi connectivity index (χ0) is 20.9. The van der Waals surface area contributed by atoms with Gasteiger partial charge in [-0.1, -0.05) is 17.8 Å². The van der Waals surface area contributed by atoms with Crippen molar-refractivity contribution in [3.63, 3.8) is 0 Å². The maximum atomic E-state index is 6.81. The average molecular weight is 433 g/mol. The van der Waals surface area contributed by atoms with Crippen LogP contribution in [0.5, 0.6) is 11.5 Å². The Balaban J connectivity index is 1.75. The van der Waals surface area contributed by atoms with Crippen molar-refractivity contribution in [1.29, 1.82) is 0 Å². The molecule has 0 unspecified atom stereocenters. The Morgan fingerprint density at radius 2 is 1.73 bits per heavy atom. The van der Waals surface area contributed by atoms with Gasteiger partial charge < -0.3 is 19.9 Å². The molecular formula is C23H34N3O3S+. The first-order valence-electron chi connectivity index (χ1n) is 11.2. The molecule has 2 aromatic rings. The van der Waals surface area contributed by atoms with Crippen LogP contribution in [0.15, 0.2) is 17.3 Å². The number of rotatable bonds is 6. The highest BCUT2D eigenvalue weighted by molar-refractivity contribution is 7.99. The lowest BCUT2D eigenvalue weighted by molar-refractivity contribution is -0.748. The lowest BCUT2D eigenvalue weighted by Gasteiger charge is -2.23. The number of benzene rings is 1. The van der Waals surface area contributed by atoms with Gasteiger partial charge in [0, 0.05) is 24.5 Å². The quantitative estimate of drug-likeness (QED) is 0.309. The molecule has 1 atom stereocenters. The van der Waals surface area contributed by atoms with Gasteiger partial charge in [0.25, 0.3) is 5.16 Å². The van der Waals surface area contributed by atoms with E-state index in [0.29, 0.717) is 23.6 Å². The van der Waals surface area contributed by atoms with Crippen LogP contribution in [0.2, 0.25) is 0 Å².